The number of nitrogens with one attached hydrogen (secondary N) is 1. The number of aliphatic imine (C=N–C) groups is 1. The lowest BCUT2D eigenvalue weighted by Crippen LogP contribution is -2.56. The molecule has 0 bridgehead atoms. The molecule has 2 aliphatic heterocycles. The topological polar surface area (TPSA) is 215 Å². The van der Waals surface area contributed by atoms with Crippen molar-refractivity contribution < 1.29 is 46.7 Å². The van der Waals surface area contributed by atoms with Gasteiger partial charge in [0.05, 0.1) is 30.3 Å². The van der Waals surface area contributed by atoms with E-state index in [2.05, 4.69) is 10.3 Å². The van der Waals surface area contributed by atoms with Crippen LogP contribution < -0.4 is 11.1 Å². The molecule has 2 atom stereocenters. The van der Waals surface area contributed by atoms with Gasteiger partial charge in [-0.25, -0.2) is 8.42 Å². The number of rotatable bonds is 16. The molecule has 0 spiro atoms. The maximum absolute atomic E-state index is 14.2. The normalized spacial score (nSPS) is 17.6. The van der Waals surface area contributed by atoms with Crippen LogP contribution in [0.25, 0.3) is 0 Å². The van der Waals surface area contributed by atoms with E-state index >= 15 is 0 Å². The zero-order valence-corrected chi connectivity index (χ0v) is 35.4. The SMILES string of the molecule is CC(C)(C)C(=O)OCCCC(=O)N=C(NC(=O)CCCOC(=O)C(C)(C)C)N1CCC(CN([C@H](Cc2ccccc2)C(=O)N2CCC[C@H]2C(N)=O)S(C)(=O)=O)CC1. The first-order valence-corrected chi connectivity index (χ1v) is 21.5. The van der Waals surface area contributed by atoms with Crippen LogP contribution in [-0.2, 0) is 54.7 Å². The minimum Gasteiger partial charge on any atom is -0.465 e. The van der Waals surface area contributed by atoms with Crippen LogP contribution in [0.4, 0.5) is 0 Å². The quantitative estimate of drug-likeness (QED) is 0.107. The lowest BCUT2D eigenvalue weighted by atomic mass is 9.95. The van der Waals surface area contributed by atoms with Gasteiger partial charge in [-0.15, -0.1) is 0 Å². The number of primary amides is 1. The largest absolute Gasteiger partial charge is 0.465 e. The van der Waals surface area contributed by atoms with Crippen molar-refractivity contribution in [2.24, 2.45) is 27.5 Å². The van der Waals surface area contributed by atoms with E-state index in [1.807, 2.05) is 30.3 Å². The van der Waals surface area contributed by atoms with Crippen molar-refractivity contribution in [1.82, 2.24) is 19.4 Å². The molecule has 1 aromatic carbocycles. The van der Waals surface area contributed by atoms with Gasteiger partial charge in [0.2, 0.25) is 39.6 Å². The number of carbonyl (C=O) groups is 6. The fourth-order valence-electron chi connectivity index (χ4n) is 6.50. The Bertz CT molecular complexity index is 1710. The standard InChI is InChI=1S/C40H62N6O10S/c1-39(2,3)36(51)55-24-12-17-32(47)42-38(43-33(48)18-13-25-56-37(52)40(4,5)6)44-22-19-29(20-23-44)27-46(57(7,53)54)31(26-28-14-9-8-10-15-28)35(50)45-21-11-16-30(45)34(41)49/h8-10,14-15,29-31H,11-13,16-27H2,1-7H3,(H2,41,49)(H,42,43,47,48)/t30-,31+/m0/s1. The average Bonchev–Trinajstić information content (AvgIpc) is 3.63. The highest BCUT2D eigenvalue weighted by molar-refractivity contribution is 7.88. The van der Waals surface area contributed by atoms with E-state index in [-0.39, 0.29) is 69.7 Å². The van der Waals surface area contributed by atoms with Crippen LogP contribution >= 0.6 is 0 Å². The van der Waals surface area contributed by atoms with Gasteiger partial charge in [0.25, 0.3) is 0 Å². The number of sulfonamides is 1. The van der Waals surface area contributed by atoms with Crippen molar-refractivity contribution in [2.75, 3.05) is 45.6 Å². The highest BCUT2D eigenvalue weighted by Gasteiger charge is 2.42. The molecule has 0 unspecified atom stereocenters. The van der Waals surface area contributed by atoms with Crippen LogP contribution in [0.15, 0.2) is 35.3 Å². The highest BCUT2D eigenvalue weighted by atomic mass is 32.2. The number of piperidine rings is 1. The molecule has 2 aliphatic rings. The smallest absolute Gasteiger partial charge is 0.311 e. The number of hydrogen-bond acceptors (Lipinski definition) is 10. The van der Waals surface area contributed by atoms with Crippen molar-refractivity contribution >= 4 is 51.6 Å². The second kappa shape index (κ2) is 20.9. The number of guanidine groups is 1. The third-order valence-corrected chi connectivity index (χ3v) is 11.1. The number of ether oxygens (including phenoxy) is 2. The summed E-state index contributed by atoms with van der Waals surface area (Å²) in [6, 6.07) is 7.17. The van der Waals surface area contributed by atoms with Crippen molar-refractivity contribution in [3.05, 3.63) is 35.9 Å². The van der Waals surface area contributed by atoms with E-state index in [9.17, 15) is 37.2 Å². The molecule has 57 heavy (non-hydrogen) atoms. The van der Waals surface area contributed by atoms with E-state index in [1.165, 1.54) is 9.21 Å². The number of esters is 2. The first-order chi connectivity index (χ1) is 26.6. The van der Waals surface area contributed by atoms with Crippen LogP contribution in [0.5, 0.6) is 0 Å². The maximum Gasteiger partial charge on any atom is 0.311 e. The molecule has 0 saturated carbocycles. The van der Waals surface area contributed by atoms with Crippen molar-refractivity contribution in [3.8, 4) is 0 Å². The summed E-state index contributed by atoms with van der Waals surface area (Å²) in [6.07, 6.45) is 3.49. The molecule has 0 aliphatic carbocycles. The Morgan fingerprint density at radius 3 is 1.96 bits per heavy atom. The zero-order valence-electron chi connectivity index (χ0n) is 34.6. The summed E-state index contributed by atoms with van der Waals surface area (Å²) < 4.78 is 38.7. The van der Waals surface area contributed by atoms with Gasteiger partial charge >= 0.3 is 11.9 Å². The summed E-state index contributed by atoms with van der Waals surface area (Å²) in [5, 5.41) is 2.75. The molecular formula is C40H62N6O10S. The molecule has 1 aromatic rings. The minimum atomic E-state index is -3.94. The van der Waals surface area contributed by atoms with E-state index in [0.29, 0.717) is 45.3 Å². The van der Waals surface area contributed by atoms with Crippen LogP contribution in [-0.4, -0.2) is 122 Å². The van der Waals surface area contributed by atoms with Crippen molar-refractivity contribution in [1.29, 1.82) is 0 Å². The predicted octanol–water partition coefficient (Wildman–Crippen LogP) is 2.79. The Labute approximate surface area is 337 Å². The summed E-state index contributed by atoms with van der Waals surface area (Å²) in [5.41, 5.74) is 5.03. The minimum absolute atomic E-state index is 0.00235. The van der Waals surface area contributed by atoms with Gasteiger partial charge in [-0.05, 0) is 98.0 Å². The van der Waals surface area contributed by atoms with Gasteiger partial charge in [-0.3, -0.25) is 34.1 Å². The second-order valence-corrected chi connectivity index (χ2v) is 18.9. The van der Waals surface area contributed by atoms with Crippen LogP contribution in [0.3, 0.4) is 0 Å². The molecule has 2 fully saturated rings. The predicted molar refractivity (Wildman–Crippen MR) is 214 cm³/mol. The van der Waals surface area contributed by atoms with Crippen LogP contribution in [0.2, 0.25) is 0 Å². The monoisotopic (exact) mass is 818 g/mol. The molecule has 16 nitrogen and oxygen atoms in total. The number of benzene rings is 1. The molecular weight excluding hydrogens is 757 g/mol. The molecule has 0 aromatic heterocycles. The number of hydrogen-bond donors (Lipinski definition) is 2. The van der Waals surface area contributed by atoms with Crippen molar-refractivity contribution in [3.63, 3.8) is 0 Å². The molecule has 4 amide bonds. The molecule has 318 valence electrons. The zero-order chi connectivity index (χ0) is 42.6. The van der Waals surface area contributed by atoms with Crippen LogP contribution in [0, 0.1) is 16.7 Å². The highest BCUT2D eigenvalue weighted by Crippen LogP contribution is 2.26. The Morgan fingerprint density at radius 2 is 1.44 bits per heavy atom. The Kier molecular flexibility index (Phi) is 17.2. The number of likely N-dealkylation sites (tertiary alicyclic amines) is 2. The average molecular weight is 819 g/mol. The third-order valence-electron chi connectivity index (χ3n) is 9.80. The van der Waals surface area contributed by atoms with Gasteiger partial charge in [-0.2, -0.15) is 9.30 Å². The fraction of sp³-hybridized carbons (Fsp3) is 0.675. The molecule has 0 radical (unpaired) electrons. The van der Waals surface area contributed by atoms with Gasteiger partial charge in [0, 0.05) is 39.0 Å². The van der Waals surface area contributed by atoms with E-state index in [0.717, 1.165) is 11.8 Å². The summed E-state index contributed by atoms with van der Waals surface area (Å²) in [4.78, 5) is 84.1. The molecule has 17 heteroatoms. The number of amides is 4. The Morgan fingerprint density at radius 1 is 0.877 bits per heavy atom. The van der Waals surface area contributed by atoms with Gasteiger partial charge in [-0.1, -0.05) is 30.3 Å². The number of nitrogens with two attached hydrogens (primary N) is 1. The summed E-state index contributed by atoms with van der Waals surface area (Å²) in [5.74, 6) is -2.99. The van der Waals surface area contributed by atoms with Gasteiger partial charge in [0.1, 0.15) is 12.1 Å². The first-order valence-electron chi connectivity index (χ1n) is 19.7. The maximum atomic E-state index is 14.2. The van der Waals surface area contributed by atoms with Crippen LogP contribution in [0.1, 0.15) is 98.5 Å². The van der Waals surface area contributed by atoms with E-state index < -0.39 is 62.5 Å². The van der Waals surface area contributed by atoms with Gasteiger partial charge < -0.3 is 25.0 Å². The van der Waals surface area contributed by atoms with E-state index in [1.54, 1.807) is 46.4 Å². The van der Waals surface area contributed by atoms with Crippen molar-refractivity contribution in [2.45, 2.75) is 111 Å². The third kappa shape index (κ3) is 15.1. The summed E-state index contributed by atoms with van der Waals surface area (Å²) >= 11 is 0. The summed E-state index contributed by atoms with van der Waals surface area (Å²) in [7, 11) is -3.94. The molecule has 2 heterocycles. The summed E-state index contributed by atoms with van der Waals surface area (Å²) in [6.45, 7) is 11.4. The molecule has 3 rings (SSSR count). The second-order valence-electron chi connectivity index (χ2n) is 16.9. The number of carbonyl (C=O) groups excluding carboxylic acids is 6. The molecule has 2 saturated heterocycles. The van der Waals surface area contributed by atoms with Gasteiger partial charge in [0.15, 0.2) is 0 Å². The number of nitrogens with zero attached hydrogens (tertiary/aromatic N) is 4. The fourth-order valence-corrected chi connectivity index (χ4v) is 7.61. The lowest BCUT2D eigenvalue weighted by Gasteiger charge is -2.38. The van der Waals surface area contributed by atoms with E-state index in [4.69, 9.17) is 15.2 Å². The lowest BCUT2D eigenvalue weighted by molar-refractivity contribution is -0.153. The Balaban J connectivity index is 1.76. The molecule has 3 N–H and O–H groups in total. The Hall–Kier alpha value is -4.38. The first kappa shape index (κ1) is 47.0.